The van der Waals surface area contributed by atoms with Crippen molar-refractivity contribution in [2.24, 2.45) is 0 Å². The van der Waals surface area contributed by atoms with Gasteiger partial charge >= 0.3 is 0 Å². The molecule has 0 saturated carbocycles. The van der Waals surface area contributed by atoms with Gasteiger partial charge in [-0.2, -0.15) is 0 Å². The van der Waals surface area contributed by atoms with Crippen LogP contribution in [0.4, 0.5) is 0 Å². The Bertz CT molecular complexity index is 412. The fraction of sp³-hybridized carbons (Fsp3) is 0.250. The minimum Gasteiger partial charge on any atom is -0.386 e. The average Bonchev–Trinajstić information content (AvgIpc) is 2.22. The van der Waals surface area contributed by atoms with E-state index in [-0.39, 0.29) is 11.9 Å². The summed E-state index contributed by atoms with van der Waals surface area (Å²) in [6.45, 7) is 1.45. The lowest BCUT2D eigenvalue weighted by Crippen LogP contribution is -2.37. The maximum Gasteiger partial charge on any atom is 0.217 e. The van der Waals surface area contributed by atoms with Crippen molar-refractivity contribution in [1.82, 2.24) is 5.32 Å². The van der Waals surface area contributed by atoms with E-state index in [1.165, 1.54) is 6.92 Å². The summed E-state index contributed by atoms with van der Waals surface area (Å²) in [6.07, 6.45) is 3.08. The molecule has 78 valence electrons. The summed E-state index contributed by atoms with van der Waals surface area (Å²) in [5, 5.41) is 12.7. The molecule has 0 spiro atoms. The summed E-state index contributed by atoms with van der Waals surface area (Å²) >= 11 is 0. The second-order valence-electron chi connectivity index (χ2n) is 3.66. The zero-order valence-electron chi connectivity index (χ0n) is 8.47. The predicted molar refractivity (Wildman–Crippen MR) is 58.0 cm³/mol. The van der Waals surface area contributed by atoms with E-state index in [9.17, 15) is 9.90 Å². The third-order valence-electron chi connectivity index (χ3n) is 2.51. The first kappa shape index (κ1) is 9.93. The van der Waals surface area contributed by atoms with Crippen LogP contribution < -0.4 is 5.32 Å². The van der Waals surface area contributed by atoms with Crippen LogP contribution in [0.3, 0.4) is 0 Å². The number of benzene rings is 1. The topological polar surface area (TPSA) is 49.3 Å². The molecule has 0 unspecified atom stereocenters. The van der Waals surface area contributed by atoms with Crippen LogP contribution in [0.1, 0.15) is 24.2 Å². The summed E-state index contributed by atoms with van der Waals surface area (Å²) in [6, 6.07) is 7.30. The largest absolute Gasteiger partial charge is 0.386 e. The molecular formula is C12H13NO2. The first-order chi connectivity index (χ1) is 7.18. The van der Waals surface area contributed by atoms with Crippen molar-refractivity contribution < 1.29 is 9.90 Å². The Morgan fingerprint density at radius 3 is 2.87 bits per heavy atom. The second-order valence-corrected chi connectivity index (χ2v) is 3.66. The normalized spacial score (nSPS) is 23.3. The molecular weight excluding hydrogens is 190 g/mol. The van der Waals surface area contributed by atoms with Crippen LogP contribution in [0, 0.1) is 0 Å². The maximum atomic E-state index is 10.9. The second kappa shape index (κ2) is 3.87. The lowest BCUT2D eigenvalue weighted by molar-refractivity contribution is -0.120. The highest BCUT2D eigenvalue weighted by molar-refractivity contribution is 5.74. The Kier molecular flexibility index (Phi) is 2.56. The molecule has 0 aliphatic heterocycles. The minimum absolute atomic E-state index is 0.136. The molecule has 2 rings (SSSR count). The fourth-order valence-corrected chi connectivity index (χ4v) is 1.80. The highest BCUT2D eigenvalue weighted by Gasteiger charge is 2.23. The lowest BCUT2D eigenvalue weighted by atomic mass is 9.91. The van der Waals surface area contributed by atoms with Gasteiger partial charge in [0.05, 0.1) is 6.04 Å². The van der Waals surface area contributed by atoms with Crippen molar-refractivity contribution in [3.05, 3.63) is 41.5 Å². The van der Waals surface area contributed by atoms with E-state index >= 15 is 0 Å². The molecule has 0 aromatic heterocycles. The number of fused-ring (bicyclic) bond motifs is 1. The molecule has 2 atom stereocenters. The molecule has 15 heavy (non-hydrogen) atoms. The monoisotopic (exact) mass is 203 g/mol. The number of rotatable bonds is 1. The van der Waals surface area contributed by atoms with Crippen molar-refractivity contribution >= 4 is 12.0 Å². The number of carbonyl (C=O) groups excluding carboxylic acids is 1. The lowest BCUT2D eigenvalue weighted by Gasteiger charge is -2.25. The fourth-order valence-electron chi connectivity index (χ4n) is 1.80. The first-order valence-electron chi connectivity index (χ1n) is 4.91. The summed E-state index contributed by atoms with van der Waals surface area (Å²) in [4.78, 5) is 10.9. The minimum atomic E-state index is -0.657. The SMILES string of the molecule is CC(=O)N[C@@H]1C=Cc2ccccc2[C@@H]1O. The quantitative estimate of drug-likeness (QED) is 0.721. The van der Waals surface area contributed by atoms with Crippen molar-refractivity contribution in [3.63, 3.8) is 0 Å². The predicted octanol–water partition coefficient (Wildman–Crippen LogP) is 1.25. The zero-order chi connectivity index (χ0) is 10.8. The van der Waals surface area contributed by atoms with Crippen molar-refractivity contribution in [2.45, 2.75) is 19.1 Å². The van der Waals surface area contributed by atoms with Crippen LogP contribution in [0.15, 0.2) is 30.3 Å². The van der Waals surface area contributed by atoms with Crippen LogP contribution in [-0.4, -0.2) is 17.1 Å². The van der Waals surface area contributed by atoms with E-state index in [4.69, 9.17) is 0 Å². The number of hydrogen-bond acceptors (Lipinski definition) is 2. The molecule has 1 aromatic carbocycles. The van der Waals surface area contributed by atoms with Gasteiger partial charge in [0.1, 0.15) is 6.10 Å². The molecule has 0 radical (unpaired) electrons. The van der Waals surface area contributed by atoms with Crippen molar-refractivity contribution in [3.8, 4) is 0 Å². The van der Waals surface area contributed by atoms with Crippen LogP contribution in [0.25, 0.3) is 6.08 Å². The molecule has 1 aliphatic rings. The molecule has 1 aliphatic carbocycles. The van der Waals surface area contributed by atoms with Gasteiger partial charge in [-0.05, 0) is 11.1 Å². The summed E-state index contributed by atoms with van der Waals surface area (Å²) in [7, 11) is 0. The molecule has 2 N–H and O–H groups in total. The zero-order valence-corrected chi connectivity index (χ0v) is 8.47. The van der Waals surface area contributed by atoms with E-state index in [1.54, 1.807) is 0 Å². The third-order valence-corrected chi connectivity index (χ3v) is 2.51. The molecule has 0 fully saturated rings. The Hall–Kier alpha value is -1.61. The van der Waals surface area contributed by atoms with Gasteiger partial charge in [-0.25, -0.2) is 0 Å². The van der Waals surface area contributed by atoms with E-state index in [1.807, 2.05) is 36.4 Å². The smallest absolute Gasteiger partial charge is 0.217 e. The molecule has 3 heteroatoms. The Morgan fingerprint density at radius 2 is 2.13 bits per heavy atom. The van der Waals surface area contributed by atoms with Gasteiger partial charge in [0.15, 0.2) is 0 Å². The number of amides is 1. The number of aliphatic hydroxyl groups excluding tert-OH is 1. The Morgan fingerprint density at radius 1 is 1.40 bits per heavy atom. The molecule has 0 heterocycles. The number of hydrogen-bond donors (Lipinski definition) is 2. The van der Waals surface area contributed by atoms with Gasteiger partial charge in [-0.15, -0.1) is 0 Å². The van der Waals surface area contributed by atoms with Crippen LogP contribution in [-0.2, 0) is 4.79 Å². The van der Waals surface area contributed by atoms with E-state index < -0.39 is 6.10 Å². The van der Waals surface area contributed by atoms with Gasteiger partial charge in [0.2, 0.25) is 5.91 Å². The average molecular weight is 203 g/mol. The van der Waals surface area contributed by atoms with Gasteiger partial charge in [0, 0.05) is 6.92 Å². The maximum absolute atomic E-state index is 10.9. The Balaban J connectivity index is 2.29. The first-order valence-corrected chi connectivity index (χ1v) is 4.91. The van der Waals surface area contributed by atoms with E-state index in [2.05, 4.69) is 5.32 Å². The van der Waals surface area contributed by atoms with Gasteiger partial charge in [0.25, 0.3) is 0 Å². The van der Waals surface area contributed by atoms with Gasteiger partial charge < -0.3 is 10.4 Å². The van der Waals surface area contributed by atoms with Gasteiger partial charge in [-0.3, -0.25) is 4.79 Å². The highest BCUT2D eigenvalue weighted by Crippen LogP contribution is 2.27. The van der Waals surface area contributed by atoms with Crippen LogP contribution >= 0.6 is 0 Å². The number of nitrogens with one attached hydrogen (secondary N) is 1. The van der Waals surface area contributed by atoms with E-state index in [0.29, 0.717) is 0 Å². The van der Waals surface area contributed by atoms with Gasteiger partial charge in [-0.1, -0.05) is 36.4 Å². The molecule has 0 bridgehead atoms. The highest BCUT2D eigenvalue weighted by atomic mass is 16.3. The third kappa shape index (κ3) is 1.92. The van der Waals surface area contributed by atoms with Crippen LogP contribution in [0.5, 0.6) is 0 Å². The summed E-state index contributed by atoms with van der Waals surface area (Å²) < 4.78 is 0. The molecule has 1 aromatic rings. The number of aliphatic hydroxyl groups is 1. The molecule has 0 saturated heterocycles. The number of carbonyl (C=O) groups is 1. The van der Waals surface area contributed by atoms with Crippen molar-refractivity contribution in [2.75, 3.05) is 0 Å². The molecule has 3 nitrogen and oxygen atoms in total. The van der Waals surface area contributed by atoms with Crippen LogP contribution in [0.2, 0.25) is 0 Å². The molecule has 1 amide bonds. The Labute approximate surface area is 88.4 Å². The standard InChI is InChI=1S/C12H13NO2/c1-8(14)13-11-7-6-9-4-2-3-5-10(9)12(11)15/h2-7,11-12,15H,1H3,(H,13,14)/t11-,12+/m1/s1. The van der Waals surface area contributed by atoms with Crippen molar-refractivity contribution in [1.29, 1.82) is 0 Å². The van der Waals surface area contributed by atoms with E-state index in [0.717, 1.165) is 11.1 Å². The summed E-state index contributed by atoms with van der Waals surface area (Å²) in [5.41, 5.74) is 1.87. The summed E-state index contributed by atoms with van der Waals surface area (Å²) in [5.74, 6) is -0.136.